The molecule has 0 aliphatic rings. The minimum absolute atomic E-state index is 0.0257. The number of halogens is 2. The lowest BCUT2D eigenvalue weighted by molar-refractivity contribution is -0.119. The van der Waals surface area contributed by atoms with E-state index < -0.39 is 0 Å². The highest BCUT2D eigenvalue weighted by atomic mass is 79.9. The summed E-state index contributed by atoms with van der Waals surface area (Å²) in [5.74, 6) is -0.00722. The fourth-order valence-electron chi connectivity index (χ4n) is 1.88. The molecule has 0 aliphatic carbocycles. The molecule has 2 rings (SSSR count). The molecule has 0 atom stereocenters. The maximum atomic E-state index is 11.7. The number of anilines is 1. The molecule has 0 saturated heterocycles. The summed E-state index contributed by atoms with van der Waals surface area (Å²) in [5, 5.41) is 17.2. The smallest absolute Gasteiger partial charge is 0.259 e. The van der Waals surface area contributed by atoms with E-state index in [1.54, 1.807) is 30.3 Å². The van der Waals surface area contributed by atoms with Crippen molar-refractivity contribution in [3.8, 4) is 11.5 Å². The lowest BCUT2D eigenvalue weighted by atomic mass is 10.2. The quantitative estimate of drug-likeness (QED) is 0.502. The number of carbonyl (C=O) groups excluding carboxylic acids is 1. The number of rotatable bonds is 6. The van der Waals surface area contributed by atoms with Crippen LogP contribution in [0, 0.1) is 0 Å². The lowest BCUT2D eigenvalue weighted by Crippen LogP contribution is -2.25. The van der Waals surface area contributed by atoms with Gasteiger partial charge < -0.3 is 15.2 Å². The first kappa shape index (κ1) is 18.1. The maximum Gasteiger partial charge on any atom is 0.259 e. The van der Waals surface area contributed by atoms with Crippen LogP contribution in [0.4, 0.5) is 5.69 Å². The summed E-state index contributed by atoms with van der Waals surface area (Å²) in [6.45, 7) is 0.0508. The van der Waals surface area contributed by atoms with Crippen LogP contribution in [0.5, 0.6) is 11.5 Å². The van der Waals surface area contributed by atoms with Crippen LogP contribution in [0.2, 0.25) is 5.02 Å². The molecule has 24 heavy (non-hydrogen) atoms. The van der Waals surface area contributed by atoms with Gasteiger partial charge in [-0.3, -0.25) is 4.79 Å². The molecule has 8 heteroatoms. The number of methoxy groups -OCH3 is 1. The van der Waals surface area contributed by atoms with Gasteiger partial charge in [-0.25, -0.2) is 5.43 Å². The van der Waals surface area contributed by atoms with E-state index in [4.69, 9.17) is 16.3 Å². The molecule has 0 aromatic heterocycles. The van der Waals surface area contributed by atoms with E-state index in [2.05, 4.69) is 31.8 Å². The van der Waals surface area contributed by atoms with E-state index >= 15 is 0 Å². The van der Waals surface area contributed by atoms with Crippen molar-refractivity contribution >= 4 is 45.3 Å². The zero-order valence-electron chi connectivity index (χ0n) is 12.7. The summed E-state index contributed by atoms with van der Waals surface area (Å²) in [6.07, 6.45) is 1.42. The van der Waals surface area contributed by atoms with E-state index in [1.807, 2.05) is 0 Å². The molecule has 1 amide bonds. The van der Waals surface area contributed by atoms with Gasteiger partial charge in [0, 0.05) is 10.7 Å². The van der Waals surface area contributed by atoms with E-state index in [-0.39, 0.29) is 18.2 Å². The van der Waals surface area contributed by atoms with Gasteiger partial charge in [0.2, 0.25) is 0 Å². The zero-order valence-corrected chi connectivity index (χ0v) is 15.1. The van der Waals surface area contributed by atoms with Crippen molar-refractivity contribution in [2.24, 2.45) is 5.10 Å². The van der Waals surface area contributed by atoms with Crippen LogP contribution in [0.15, 0.2) is 46.0 Å². The maximum absolute atomic E-state index is 11.7. The van der Waals surface area contributed by atoms with Gasteiger partial charge >= 0.3 is 0 Å². The van der Waals surface area contributed by atoms with Crippen LogP contribution >= 0.6 is 27.5 Å². The second-order valence-electron chi connectivity index (χ2n) is 4.71. The van der Waals surface area contributed by atoms with Crippen LogP contribution in [0.3, 0.4) is 0 Å². The van der Waals surface area contributed by atoms with Crippen molar-refractivity contribution in [3.05, 3.63) is 51.5 Å². The van der Waals surface area contributed by atoms with Crippen molar-refractivity contribution in [2.75, 3.05) is 19.0 Å². The molecule has 6 nitrogen and oxygen atoms in total. The number of hydrogen-bond donors (Lipinski definition) is 3. The SMILES string of the molecule is COc1c(O)cc(C=NNC(=O)CNc2cccc(Cl)c2)cc1Br. The molecular formula is C16H15BrClN3O3. The number of benzene rings is 2. The van der Waals surface area contributed by atoms with Crippen molar-refractivity contribution in [1.82, 2.24) is 5.43 Å². The molecule has 0 unspecified atom stereocenters. The molecule has 126 valence electrons. The number of hydrazone groups is 1. The minimum atomic E-state index is -0.317. The van der Waals surface area contributed by atoms with Gasteiger partial charge in [-0.15, -0.1) is 0 Å². The van der Waals surface area contributed by atoms with Gasteiger partial charge in [-0.2, -0.15) is 5.10 Å². The summed E-state index contributed by atoms with van der Waals surface area (Å²) in [7, 11) is 1.46. The number of phenolic OH excluding ortho intramolecular Hbond substituents is 1. The average molecular weight is 413 g/mol. The van der Waals surface area contributed by atoms with Gasteiger partial charge in [0.25, 0.3) is 5.91 Å². The van der Waals surface area contributed by atoms with E-state index in [9.17, 15) is 9.90 Å². The summed E-state index contributed by atoms with van der Waals surface area (Å²) < 4.78 is 5.61. The summed E-state index contributed by atoms with van der Waals surface area (Å²) in [5.41, 5.74) is 3.73. The average Bonchev–Trinajstić information content (AvgIpc) is 2.53. The van der Waals surface area contributed by atoms with Crippen LogP contribution in [-0.2, 0) is 4.79 Å². The Kier molecular flexibility index (Phi) is 6.45. The fraction of sp³-hybridized carbons (Fsp3) is 0.125. The number of nitrogens with one attached hydrogen (secondary N) is 2. The van der Waals surface area contributed by atoms with E-state index in [0.717, 1.165) is 5.69 Å². The molecule has 0 heterocycles. The first-order valence-corrected chi connectivity index (χ1v) is 8.04. The molecule has 3 N–H and O–H groups in total. The highest BCUT2D eigenvalue weighted by molar-refractivity contribution is 9.10. The summed E-state index contributed by atoms with van der Waals surface area (Å²) in [4.78, 5) is 11.7. The van der Waals surface area contributed by atoms with E-state index in [1.165, 1.54) is 19.4 Å². The number of aromatic hydroxyl groups is 1. The van der Waals surface area contributed by atoms with E-state index in [0.29, 0.717) is 20.8 Å². The third kappa shape index (κ3) is 5.14. The third-order valence-corrected chi connectivity index (χ3v) is 3.76. The molecule has 0 radical (unpaired) electrons. The van der Waals surface area contributed by atoms with Gasteiger partial charge in [0.1, 0.15) is 0 Å². The minimum Gasteiger partial charge on any atom is -0.504 e. The second-order valence-corrected chi connectivity index (χ2v) is 6.00. The zero-order chi connectivity index (χ0) is 17.5. The Morgan fingerprint density at radius 3 is 2.88 bits per heavy atom. The normalized spacial score (nSPS) is 10.6. The van der Waals surface area contributed by atoms with Crippen molar-refractivity contribution in [3.63, 3.8) is 0 Å². The molecule has 2 aromatic rings. The predicted molar refractivity (Wildman–Crippen MR) is 98.0 cm³/mol. The van der Waals surface area contributed by atoms with Gasteiger partial charge in [-0.1, -0.05) is 17.7 Å². The molecule has 0 saturated carbocycles. The molecule has 0 bridgehead atoms. The third-order valence-electron chi connectivity index (χ3n) is 2.93. The molecule has 0 aliphatic heterocycles. The second kappa shape index (κ2) is 8.56. The van der Waals surface area contributed by atoms with Crippen LogP contribution in [0.1, 0.15) is 5.56 Å². The highest BCUT2D eigenvalue weighted by Crippen LogP contribution is 2.34. The number of nitrogens with zero attached hydrogens (tertiary/aromatic N) is 1. The molecular weight excluding hydrogens is 398 g/mol. The predicted octanol–water partition coefficient (Wildman–Crippen LogP) is 3.38. The monoisotopic (exact) mass is 411 g/mol. The molecule has 2 aromatic carbocycles. The van der Waals surface area contributed by atoms with Crippen molar-refractivity contribution in [2.45, 2.75) is 0 Å². The Morgan fingerprint density at radius 1 is 1.42 bits per heavy atom. The standard InChI is InChI=1S/C16H15BrClN3O3/c1-24-16-13(17)5-10(6-14(16)22)8-20-21-15(23)9-19-12-4-2-3-11(18)7-12/h2-8,19,22H,9H2,1H3,(H,21,23). The number of carbonyl (C=O) groups is 1. The summed E-state index contributed by atoms with van der Waals surface area (Å²) >= 11 is 9.14. The Bertz CT molecular complexity index is 745. The summed E-state index contributed by atoms with van der Waals surface area (Å²) in [6, 6.07) is 10.2. The Hall–Kier alpha value is -2.25. The van der Waals surface area contributed by atoms with Gasteiger partial charge in [0.05, 0.1) is 24.3 Å². The number of hydrogen-bond acceptors (Lipinski definition) is 5. The number of amides is 1. The van der Waals surface area contributed by atoms with Crippen molar-refractivity contribution in [1.29, 1.82) is 0 Å². The number of ether oxygens (including phenoxy) is 1. The van der Waals surface area contributed by atoms with Gasteiger partial charge in [-0.05, 0) is 51.8 Å². The Balaban J connectivity index is 1.88. The molecule has 0 fully saturated rings. The van der Waals surface area contributed by atoms with Crippen LogP contribution < -0.4 is 15.5 Å². The Morgan fingerprint density at radius 2 is 2.21 bits per heavy atom. The topological polar surface area (TPSA) is 83.0 Å². The fourth-order valence-corrected chi connectivity index (χ4v) is 2.69. The Labute approximate surface area is 152 Å². The highest BCUT2D eigenvalue weighted by Gasteiger charge is 2.08. The van der Waals surface area contributed by atoms with Crippen LogP contribution in [-0.4, -0.2) is 30.9 Å². The van der Waals surface area contributed by atoms with Gasteiger partial charge in [0.15, 0.2) is 11.5 Å². The largest absolute Gasteiger partial charge is 0.504 e. The van der Waals surface area contributed by atoms with Crippen LogP contribution in [0.25, 0.3) is 0 Å². The molecule has 0 spiro atoms. The first-order chi connectivity index (χ1) is 11.5. The first-order valence-electron chi connectivity index (χ1n) is 6.87. The van der Waals surface area contributed by atoms with Crippen molar-refractivity contribution < 1.29 is 14.6 Å². The lowest BCUT2D eigenvalue weighted by Gasteiger charge is -2.07. The number of phenols is 1.